The Labute approximate surface area is 364 Å². The normalized spacial score (nSPS) is 27.0. The number of methoxy groups -OCH3 is 2. The Morgan fingerprint density at radius 1 is 0.938 bits per heavy atom. The smallest absolute Gasteiger partial charge is 0.491 e. The summed E-state index contributed by atoms with van der Waals surface area (Å²) in [6, 6.07) is 1.60. The number of esters is 3. The maximum Gasteiger partial charge on any atom is 0.491 e. The maximum absolute atomic E-state index is 14.8. The third kappa shape index (κ3) is 6.40. The van der Waals surface area contributed by atoms with E-state index in [1.807, 2.05) is 0 Å². The molecule has 7 aliphatic heterocycles. The van der Waals surface area contributed by atoms with Crippen molar-refractivity contribution in [2.75, 3.05) is 47.0 Å². The van der Waals surface area contributed by atoms with E-state index in [0.29, 0.717) is 28.7 Å². The van der Waals surface area contributed by atoms with E-state index in [0.717, 1.165) is 11.8 Å². The van der Waals surface area contributed by atoms with Gasteiger partial charge in [0.05, 0.1) is 37.6 Å². The molecule has 0 radical (unpaired) electrons. The fraction of sp³-hybridized carbons (Fsp3) is 0.476. The van der Waals surface area contributed by atoms with Gasteiger partial charge in [0.15, 0.2) is 40.0 Å². The highest BCUT2D eigenvalue weighted by Crippen LogP contribution is 2.65. The molecule has 2 fully saturated rings. The number of phenols is 1. The number of alkyl halides is 6. The minimum Gasteiger partial charge on any atom is -0.504 e. The number of likely N-dealkylation sites (N-methyl/N-ethyl adjacent to an activating group) is 1. The first kappa shape index (κ1) is 43.6. The van der Waals surface area contributed by atoms with Gasteiger partial charge in [0, 0.05) is 46.6 Å². The number of aryl methyl sites for hydroxylation is 1. The van der Waals surface area contributed by atoms with Crippen molar-refractivity contribution in [2.24, 2.45) is 0 Å². The summed E-state index contributed by atoms with van der Waals surface area (Å²) in [5, 5.41) is 24.0. The number of nitrogens with zero attached hydrogens (tertiary/aromatic N) is 3. The van der Waals surface area contributed by atoms with Gasteiger partial charge in [-0.3, -0.25) is 15.1 Å². The Balaban J connectivity index is 1.35. The molecule has 3 aromatic carbocycles. The molecule has 7 heterocycles. The Hall–Kier alpha value is -5.63. The summed E-state index contributed by atoms with van der Waals surface area (Å²) >= 11 is 1.02. The largest absolute Gasteiger partial charge is 0.504 e. The number of fused-ring (bicyclic) bond motifs is 9. The van der Waals surface area contributed by atoms with Crippen molar-refractivity contribution in [2.45, 2.75) is 80.0 Å². The van der Waals surface area contributed by atoms with Crippen LogP contribution in [0.3, 0.4) is 0 Å². The number of nitriles is 1. The second-order valence-electron chi connectivity index (χ2n) is 16.3. The zero-order valence-corrected chi connectivity index (χ0v) is 35.3. The van der Waals surface area contributed by atoms with Crippen LogP contribution in [-0.2, 0) is 37.5 Å². The van der Waals surface area contributed by atoms with E-state index in [4.69, 9.17) is 33.2 Å². The van der Waals surface area contributed by atoms with E-state index < -0.39 is 96.2 Å². The van der Waals surface area contributed by atoms with Crippen LogP contribution in [0.4, 0.5) is 26.3 Å². The number of thioether (sulfide) groups is 1. The van der Waals surface area contributed by atoms with Crippen molar-refractivity contribution in [3.8, 4) is 46.3 Å². The summed E-state index contributed by atoms with van der Waals surface area (Å²) < 4.78 is 124. The molecule has 10 rings (SSSR count). The summed E-state index contributed by atoms with van der Waals surface area (Å²) in [7, 11) is 4.15. The summed E-state index contributed by atoms with van der Waals surface area (Å²) in [6.45, 7) is 2.14. The van der Waals surface area contributed by atoms with E-state index in [2.05, 4.69) is 11.4 Å². The monoisotopic (exact) mass is 920 g/mol. The highest BCUT2D eigenvalue weighted by atomic mass is 32.2. The molecule has 2 N–H and O–H groups in total. The van der Waals surface area contributed by atoms with Crippen molar-refractivity contribution >= 4 is 29.7 Å². The van der Waals surface area contributed by atoms with E-state index >= 15 is 0 Å². The number of aromatic hydroxyl groups is 1. The van der Waals surface area contributed by atoms with Crippen molar-refractivity contribution in [1.82, 2.24) is 15.1 Å². The third-order valence-corrected chi connectivity index (χ3v) is 14.5. The van der Waals surface area contributed by atoms with Crippen molar-refractivity contribution in [3.05, 3.63) is 62.7 Å². The first-order valence-electron chi connectivity index (χ1n) is 19.8. The first-order chi connectivity index (χ1) is 30.3. The number of ether oxygens (including phenoxy) is 7. The zero-order valence-electron chi connectivity index (χ0n) is 34.5. The molecule has 0 aromatic heterocycles. The van der Waals surface area contributed by atoms with E-state index in [-0.39, 0.29) is 69.7 Å². The van der Waals surface area contributed by atoms with Gasteiger partial charge in [-0.2, -0.15) is 31.6 Å². The molecule has 340 valence electrons. The Kier molecular flexibility index (Phi) is 10.4. The van der Waals surface area contributed by atoms with Gasteiger partial charge in [0.25, 0.3) is 0 Å². The van der Waals surface area contributed by atoms with Gasteiger partial charge >= 0.3 is 30.3 Å². The van der Waals surface area contributed by atoms with Crippen LogP contribution in [0.25, 0.3) is 0 Å². The molecule has 0 aliphatic carbocycles. The molecule has 1 spiro atoms. The minimum atomic E-state index is -5.48. The molecule has 0 amide bonds. The number of rotatable bonds is 4. The Bertz CT molecular complexity index is 2570. The van der Waals surface area contributed by atoms with Gasteiger partial charge in [-0.25, -0.2) is 14.4 Å². The number of nitrogens with one attached hydrogen (secondary N) is 1. The highest BCUT2D eigenvalue weighted by molar-refractivity contribution is 7.99. The fourth-order valence-corrected chi connectivity index (χ4v) is 12.1. The van der Waals surface area contributed by atoms with E-state index in [1.54, 1.807) is 29.8 Å². The number of carbonyl (C=O) groups is 3. The SMILES string of the molecule is COc1cc2c(cc1O)CCN[C@]21CS[C@@H]2c3c(OC(=O)C(F)(F)F)c(C)c4c(c3[C@@H](COC1=O)N1C2[C@@H]2c3c(cc(C)c(OC)c3OC(=O)C(F)(F)F)C[C@@H]([C@@H]1C#N)N2C)OCO4. The predicted octanol–water partition coefficient (Wildman–Crippen LogP) is 5.29. The van der Waals surface area contributed by atoms with Crippen LogP contribution in [0, 0.1) is 25.2 Å². The summed E-state index contributed by atoms with van der Waals surface area (Å²) in [5.41, 5.74) is 0.0652. The lowest BCUT2D eigenvalue weighted by molar-refractivity contribution is -0.190. The van der Waals surface area contributed by atoms with Crippen molar-refractivity contribution in [3.63, 3.8) is 0 Å². The molecule has 22 heteroatoms. The lowest BCUT2D eigenvalue weighted by atomic mass is 9.71. The molecular weight excluding hydrogens is 883 g/mol. The van der Waals surface area contributed by atoms with Crippen LogP contribution < -0.4 is 33.7 Å². The molecule has 4 bridgehead atoms. The minimum absolute atomic E-state index is 0.00778. The molecule has 7 aliphatic rings. The molecule has 7 atom stereocenters. The molecular formula is C42H38F6N4O11S. The number of benzene rings is 3. The van der Waals surface area contributed by atoms with Crippen LogP contribution in [-0.4, -0.2) is 110 Å². The average Bonchev–Trinajstić information content (AvgIpc) is 3.73. The zero-order chi connectivity index (χ0) is 45.9. The Morgan fingerprint density at radius 3 is 2.28 bits per heavy atom. The van der Waals surface area contributed by atoms with Crippen LogP contribution in [0.2, 0.25) is 0 Å². The molecule has 2 saturated heterocycles. The van der Waals surface area contributed by atoms with Gasteiger partial charge in [0.2, 0.25) is 6.79 Å². The number of halogens is 6. The first-order valence-corrected chi connectivity index (χ1v) is 20.9. The van der Waals surface area contributed by atoms with Crippen molar-refractivity contribution < 1.29 is 79.0 Å². The lowest BCUT2D eigenvalue weighted by Gasteiger charge is -2.62. The van der Waals surface area contributed by atoms with Gasteiger partial charge in [-0.05, 0) is 68.1 Å². The highest BCUT2D eigenvalue weighted by Gasteiger charge is 2.62. The maximum atomic E-state index is 14.8. The second kappa shape index (κ2) is 15.2. The van der Waals surface area contributed by atoms with Gasteiger partial charge in [-0.15, -0.1) is 11.8 Å². The second-order valence-corrected chi connectivity index (χ2v) is 17.4. The quantitative estimate of drug-likeness (QED) is 0.196. The average molecular weight is 921 g/mol. The molecule has 3 aromatic rings. The number of hydrogen-bond acceptors (Lipinski definition) is 16. The predicted molar refractivity (Wildman–Crippen MR) is 208 cm³/mol. The molecule has 1 unspecified atom stereocenters. The van der Waals surface area contributed by atoms with Crippen LogP contribution >= 0.6 is 11.8 Å². The van der Waals surface area contributed by atoms with Crippen LogP contribution in [0.5, 0.6) is 40.2 Å². The molecule has 15 nitrogen and oxygen atoms in total. The summed E-state index contributed by atoms with van der Waals surface area (Å²) in [6.07, 6.45) is -10.5. The topological polar surface area (TPSA) is 178 Å². The van der Waals surface area contributed by atoms with Crippen molar-refractivity contribution in [1.29, 1.82) is 5.26 Å². The standard InChI is InChI=1S/C42H38F6N4O11S/c1-16-8-19-9-21-22(12-49)52-23-13-59-37(54)40(20-11-25(57-4)24(53)10-18(20)6-7-50-40)14-64-36(28-27(23)34-33(60-15-61-34)17(2)32(28)62-38(55)41(43,44)45)30(52)29(51(21)3)26(19)35(31(16)58-5)63-39(56)42(46,47)48/h8,10-11,21-23,29-30,36,50,53H,6-7,9,13-15H2,1-5H3/t21-,22-,23+,29-,30?,36+,40+/m0/s1. The van der Waals surface area contributed by atoms with Gasteiger partial charge in [0.1, 0.15) is 18.4 Å². The van der Waals surface area contributed by atoms with E-state index in [9.17, 15) is 51.1 Å². The third-order valence-electron chi connectivity index (χ3n) is 13.0. The van der Waals surface area contributed by atoms with Crippen LogP contribution in [0.1, 0.15) is 61.8 Å². The number of phenolic OH excluding ortho intramolecular Hbond substituents is 1. The van der Waals surface area contributed by atoms with Gasteiger partial charge < -0.3 is 38.3 Å². The fourth-order valence-electron chi connectivity index (χ4n) is 10.4. The summed E-state index contributed by atoms with van der Waals surface area (Å²) in [4.78, 5) is 43.9. The molecule has 0 saturated carbocycles. The Morgan fingerprint density at radius 2 is 1.62 bits per heavy atom. The number of hydrogen-bond donors (Lipinski definition) is 2. The lowest BCUT2D eigenvalue weighted by Crippen LogP contribution is -2.69. The summed E-state index contributed by atoms with van der Waals surface area (Å²) in [5.74, 6) is -7.62. The van der Waals surface area contributed by atoms with E-state index in [1.165, 1.54) is 33.3 Å². The van der Waals surface area contributed by atoms with Crippen LogP contribution in [0.15, 0.2) is 18.2 Å². The number of piperazine rings is 1. The number of carbonyl (C=O) groups excluding carboxylic acids is 3. The van der Waals surface area contributed by atoms with Gasteiger partial charge in [-0.1, -0.05) is 6.07 Å². The molecule has 64 heavy (non-hydrogen) atoms.